The second kappa shape index (κ2) is 5.57. The molecule has 0 bridgehead atoms. The van der Waals surface area contributed by atoms with Crippen LogP contribution in [-0.4, -0.2) is 23.9 Å². The summed E-state index contributed by atoms with van der Waals surface area (Å²) in [6.07, 6.45) is 6.26. The summed E-state index contributed by atoms with van der Waals surface area (Å²) in [7, 11) is 1.94. The summed E-state index contributed by atoms with van der Waals surface area (Å²) in [5.41, 5.74) is 8.82. The Morgan fingerprint density at radius 1 is 1.35 bits per heavy atom. The van der Waals surface area contributed by atoms with E-state index < -0.39 is 0 Å². The third kappa shape index (κ3) is 2.73. The van der Waals surface area contributed by atoms with E-state index in [0.717, 1.165) is 19.3 Å². The molecule has 0 heterocycles. The molecule has 2 N–H and O–H groups in total. The van der Waals surface area contributed by atoms with Crippen molar-refractivity contribution in [2.45, 2.75) is 50.6 Å². The second-order valence-electron chi connectivity index (χ2n) is 6.32. The van der Waals surface area contributed by atoms with Crippen LogP contribution in [0, 0.1) is 5.92 Å². The molecular formula is C17H24N2O. The molecular weight excluding hydrogens is 248 g/mol. The molecule has 3 heteroatoms. The normalized spacial score (nSPS) is 23.0. The molecule has 2 aliphatic rings. The highest BCUT2D eigenvalue weighted by atomic mass is 16.2. The van der Waals surface area contributed by atoms with E-state index in [1.165, 1.54) is 24.0 Å². The summed E-state index contributed by atoms with van der Waals surface area (Å²) in [6.45, 7) is 0. The van der Waals surface area contributed by atoms with E-state index in [0.29, 0.717) is 12.3 Å². The van der Waals surface area contributed by atoms with Crippen LogP contribution in [0.5, 0.6) is 0 Å². The Kier molecular flexibility index (Phi) is 3.79. The first kappa shape index (κ1) is 13.6. The molecule has 2 unspecified atom stereocenters. The maximum Gasteiger partial charge on any atom is 0.224 e. The lowest BCUT2D eigenvalue weighted by molar-refractivity contribution is -0.132. The number of amides is 1. The van der Waals surface area contributed by atoms with Gasteiger partial charge in [0.2, 0.25) is 5.91 Å². The van der Waals surface area contributed by atoms with E-state index in [-0.39, 0.29) is 18.0 Å². The predicted molar refractivity (Wildman–Crippen MR) is 80.2 cm³/mol. The number of hydrogen-bond acceptors (Lipinski definition) is 2. The number of carbonyl (C=O) groups is 1. The fourth-order valence-corrected chi connectivity index (χ4v) is 3.34. The van der Waals surface area contributed by atoms with E-state index in [1.54, 1.807) is 0 Å². The lowest BCUT2D eigenvalue weighted by Gasteiger charge is -2.34. The van der Waals surface area contributed by atoms with Crippen molar-refractivity contribution in [3.05, 3.63) is 35.4 Å². The molecule has 0 aliphatic heterocycles. The van der Waals surface area contributed by atoms with E-state index in [4.69, 9.17) is 5.73 Å². The van der Waals surface area contributed by atoms with Crippen molar-refractivity contribution >= 4 is 5.91 Å². The molecule has 108 valence electrons. The molecule has 1 aromatic rings. The van der Waals surface area contributed by atoms with Gasteiger partial charge in [-0.1, -0.05) is 24.3 Å². The number of benzene rings is 1. The molecule has 2 aliphatic carbocycles. The summed E-state index contributed by atoms with van der Waals surface area (Å²) in [5.74, 6) is 0.789. The fraction of sp³-hybridized carbons (Fsp3) is 0.588. The summed E-state index contributed by atoms with van der Waals surface area (Å²) < 4.78 is 0. The molecule has 0 spiro atoms. The summed E-state index contributed by atoms with van der Waals surface area (Å²) in [4.78, 5) is 14.4. The van der Waals surface area contributed by atoms with E-state index >= 15 is 0 Å². The van der Waals surface area contributed by atoms with Crippen molar-refractivity contribution < 1.29 is 4.79 Å². The van der Waals surface area contributed by atoms with Crippen molar-refractivity contribution in [1.82, 2.24) is 4.90 Å². The van der Waals surface area contributed by atoms with Crippen LogP contribution in [0.4, 0.5) is 0 Å². The van der Waals surface area contributed by atoms with Gasteiger partial charge in [-0.3, -0.25) is 4.79 Å². The highest BCUT2D eigenvalue weighted by Crippen LogP contribution is 2.36. The summed E-state index contributed by atoms with van der Waals surface area (Å²) >= 11 is 0. The van der Waals surface area contributed by atoms with Crippen LogP contribution in [0.25, 0.3) is 0 Å². The molecule has 3 rings (SSSR count). The zero-order valence-electron chi connectivity index (χ0n) is 12.2. The molecule has 2 atom stereocenters. The first-order valence-corrected chi connectivity index (χ1v) is 7.76. The van der Waals surface area contributed by atoms with Gasteiger partial charge in [0.25, 0.3) is 0 Å². The SMILES string of the molecule is CN(C(=O)CC(N)C1CC1)C1CCCc2ccccc21. The number of fused-ring (bicyclic) bond motifs is 1. The first-order chi connectivity index (χ1) is 9.66. The van der Waals surface area contributed by atoms with Gasteiger partial charge in [-0.05, 0) is 49.1 Å². The van der Waals surface area contributed by atoms with Gasteiger partial charge in [0, 0.05) is 19.5 Å². The van der Waals surface area contributed by atoms with Crippen molar-refractivity contribution in [3.63, 3.8) is 0 Å². The number of nitrogens with two attached hydrogens (primary N) is 1. The average molecular weight is 272 g/mol. The highest BCUT2D eigenvalue weighted by Gasteiger charge is 2.32. The van der Waals surface area contributed by atoms with E-state index in [9.17, 15) is 4.79 Å². The Bertz CT molecular complexity index is 496. The van der Waals surface area contributed by atoms with Crippen molar-refractivity contribution in [1.29, 1.82) is 0 Å². The molecule has 0 aromatic heterocycles. The molecule has 20 heavy (non-hydrogen) atoms. The Morgan fingerprint density at radius 2 is 2.10 bits per heavy atom. The third-order valence-electron chi connectivity index (χ3n) is 4.84. The second-order valence-corrected chi connectivity index (χ2v) is 6.32. The van der Waals surface area contributed by atoms with Gasteiger partial charge in [0.15, 0.2) is 0 Å². The largest absolute Gasteiger partial charge is 0.339 e. The minimum absolute atomic E-state index is 0.0591. The predicted octanol–water partition coefficient (Wildman–Crippen LogP) is 2.65. The monoisotopic (exact) mass is 272 g/mol. The van der Waals surface area contributed by atoms with Gasteiger partial charge >= 0.3 is 0 Å². The van der Waals surface area contributed by atoms with Crippen molar-refractivity contribution in [2.24, 2.45) is 11.7 Å². The number of carbonyl (C=O) groups excluding carboxylic acids is 1. The van der Waals surface area contributed by atoms with Gasteiger partial charge < -0.3 is 10.6 Å². The molecule has 1 saturated carbocycles. The zero-order chi connectivity index (χ0) is 14.1. The van der Waals surface area contributed by atoms with Crippen LogP contribution in [-0.2, 0) is 11.2 Å². The van der Waals surface area contributed by atoms with Crippen LogP contribution >= 0.6 is 0 Å². The van der Waals surface area contributed by atoms with Crippen LogP contribution in [0.15, 0.2) is 24.3 Å². The first-order valence-electron chi connectivity index (χ1n) is 7.76. The van der Waals surface area contributed by atoms with Gasteiger partial charge in [-0.15, -0.1) is 0 Å². The molecule has 0 saturated heterocycles. The fourth-order valence-electron chi connectivity index (χ4n) is 3.34. The Labute approximate surface area is 121 Å². The van der Waals surface area contributed by atoms with Crippen LogP contribution in [0.1, 0.15) is 49.3 Å². The minimum Gasteiger partial charge on any atom is -0.339 e. The van der Waals surface area contributed by atoms with Crippen LogP contribution in [0.3, 0.4) is 0 Å². The number of aryl methyl sites for hydroxylation is 1. The topological polar surface area (TPSA) is 46.3 Å². The molecule has 0 radical (unpaired) electrons. The maximum atomic E-state index is 12.4. The maximum absolute atomic E-state index is 12.4. The number of hydrogen-bond donors (Lipinski definition) is 1. The standard InChI is InChI=1S/C17H24N2O/c1-19(17(20)11-15(18)13-9-10-13)16-8-4-6-12-5-2-3-7-14(12)16/h2-3,5,7,13,15-16H,4,6,8-11,18H2,1H3. The van der Waals surface area contributed by atoms with Gasteiger partial charge in [0.1, 0.15) is 0 Å². The van der Waals surface area contributed by atoms with Crippen molar-refractivity contribution in [3.8, 4) is 0 Å². The number of nitrogens with zero attached hydrogens (tertiary/aromatic N) is 1. The smallest absolute Gasteiger partial charge is 0.224 e. The van der Waals surface area contributed by atoms with Gasteiger partial charge in [0.05, 0.1) is 6.04 Å². The number of rotatable bonds is 4. The average Bonchev–Trinajstić information content (AvgIpc) is 3.30. The Morgan fingerprint density at radius 3 is 2.85 bits per heavy atom. The summed E-state index contributed by atoms with van der Waals surface area (Å²) in [6, 6.07) is 8.82. The lowest BCUT2D eigenvalue weighted by atomic mass is 9.87. The quantitative estimate of drug-likeness (QED) is 0.916. The third-order valence-corrected chi connectivity index (χ3v) is 4.84. The van der Waals surface area contributed by atoms with E-state index in [2.05, 4.69) is 24.3 Å². The molecule has 3 nitrogen and oxygen atoms in total. The zero-order valence-corrected chi connectivity index (χ0v) is 12.2. The van der Waals surface area contributed by atoms with Crippen LogP contribution in [0.2, 0.25) is 0 Å². The van der Waals surface area contributed by atoms with Gasteiger partial charge in [-0.25, -0.2) is 0 Å². The Hall–Kier alpha value is -1.35. The summed E-state index contributed by atoms with van der Waals surface area (Å²) in [5, 5.41) is 0. The highest BCUT2D eigenvalue weighted by molar-refractivity contribution is 5.77. The lowest BCUT2D eigenvalue weighted by Crippen LogP contribution is -2.37. The van der Waals surface area contributed by atoms with Crippen LogP contribution < -0.4 is 5.73 Å². The van der Waals surface area contributed by atoms with Gasteiger partial charge in [-0.2, -0.15) is 0 Å². The van der Waals surface area contributed by atoms with Crippen molar-refractivity contribution in [2.75, 3.05) is 7.05 Å². The molecule has 1 amide bonds. The van der Waals surface area contributed by atoms with E-state index in [1.807, 2.05) is 11.9 Å². The molecule has 1 fully saturated rings. The minimum atomic E-state index is 0.0591. The molecule has 1 aromatic carbocycles. The Balaban J connectivity index is 1.70.